The average molecular weight is 371 g/mol. The number of hydrogen-bond acceptors (Lipinski definition) is 2. The molecule has 0 aromatic heterocycles. The Kier molecular flexibility index (Phi) is 7.82. The summed E-state index contributed by atoms with van der Waals surface area (Å²) in [6.07, 6.45) is 9.00. The highest BCUT2D eigenvalue weighted by Gasteiger charge is 2.38. The molecule has 1 fully saturated rings. The summed E-state index contributed by atoms with van der Waals surface area (Å²) < 4.78 is 6.38. The first-order chi connectivity index (χ1) is 10.8. The summed E-state index contributed by atoms with van der Waals surface area (Å²) in [5.74, 6) is 0.497. The van der Waals surface area contributed by atoms with Gasteiger partial charge in [0.1, 0.15) is 0 Å². The minimum Gasteiger partial charge on any atom is -0.549 e. The third kappa shape index (κ3) is 7.44. The van der Waals surface area contributed by atoms with Crippen molar-refractivity contribution in [3.63, 3.8) is 0 Å². The highest BCUT2D eigenvalue weighted by molar-refractivity contribution is 6.76. The second-order valence-corrected chi connectivity index (χ2v) is 20.8. The van der Waals surface area contributed by atoms with E-state index in [1.54, 1.807) is 0 Å². The van der Waals surface area contributed by atoms with Crippen molar-refractivity contribution >= 4 is 16.4 Å². The molecule has 2 nitrogen and oxygen atoms in total. The van der Waals surface area contributed by atoms with Gasteiger partial charge in [0.25, 0.3) is 0 Å². The van der Waals surface area contributed by atoms with E-state index in [0.29, 0.717) is 5.92 Å². The van der Waals surface area contributed by atoms with Crippen molar-refractivity contribution in [2.75, 3.05) is 0 Å². The smallest absolute Gasteiger partial charge is 0.249 e. The Morgan fingerprint density at radius 3 is 2.08 bits per heavy atom. The molecule has 0 spiro atoms. The number of aliphatic hydroxyl groups excluding tert-OH is 1. The molecule has 1 atom stereocenters. The van der Waals surface area contributed by atoms with Gasteiger partial charge in [-0.1, -0.05) is 59.7 Å². The Balaban J connectivity index is 2.81. The lowest BCUT2D eigenvalue weighted by molar-refractivity contribution is 0.0845. The van der Waals surface area contributed by atoms with Gasteiger partial charge < -0.3 is 9.53 Å². The molecule has 142 valence electrons. The minimum absolute atomic E-state index is 0.184. The van der Waals surface area contributed by atoms with E-state index < -0.39 is 16.4 Å². The molecule has 1 aliphatic rings. The summed E-state index contributed by atoms with van der Waals surface area (Å²) in [5, 5.41) is 11.0. The third-order valence-corrected chi connectivity index (χ3v) is 11.6. The quantitative estimate of drug-likeness (QED) is 0.406. The summed E-state index contributed by atoms with van der Waals surface area (Å²) in [4.78, 5) is 0. The highest BCUT2D eigenvalue weighted by Crippen LogP contribution is 2.37. The standard InChI is InChI=1S/C20H42O2Si2/c1-20(2,3)24(7,8)22-15-17(16-23(4,5)6)14-19(21)18-12-10-9-11-13-18/h15,18-19,21H,9-14,16H2,1-8H3/b17-15-. The van der Waals surface area contributed by atoms with Crippen LogP contribution in [0, 0.1) is 5.92 Å². The molecule has 1 unspecified atom stereocenters. The second-order valence-electron chi connectivity index (χ2n) is 10.6. The van der Waals surface area contributed by atoms with E-state index in [1.165, 1.54) is 37.7 Å². The van der Waals surface area contributed by atoms with Crippen LogP contribution in [0.15, 0.2) is 11.8 Å². The van der Waals surface area contributed by atoms with E-state index >= 15 is 0 Å². The first kappa shape index (κ1) is 22.0. The van der Waals surface area contributed by atoms with E-state index in [0.717, 1.165) is 12.5 Å². The van der Waals surface area contributed by atoms with Crippen LogP contribution in [-0.2, 0) is 4.43 Å². The van der Waals surface area contributed by atoms with E-state index in [4.69, 9.17) is 4.43 Å². The maximum atomic E-state index is 10.8. The molecule has 1 rings (SSSR count). The van der Waals surface area contributed by atoms with Crippen LogP contribution in [0.5, 0.6) is 0 Å². The lowest BCUT2D eigenvalue weighted by Crippen LogP contribution is -2.39. The molecule has 0 radical (unpaired) electrons. The maximum absolute atomic E-state index is 10.8. The van der Waals surface area contributed by atoms with E-state index in [1.807, 2.05) is 0 Å². The van der Waals surface area contributed by atoms with Crippen LogP contribution in [0.3, 0.4) is 0 Å². The average Bonchev–Trinajstić information content (AvgIpc) is 2.43. The monoisotopic (exact) mass is 370 g/mol. The van der Waals surface area contributed by atoms with Crippen molar-refractivity contribution in [2.24, 2.45) is 5.92 Å². The molecule has 0 amide bonds. The van der Waals surface area contributed by atoms with Gasteiger partial charge in [0.05, 0.1) is 12.4 Å². The normalized spacial score (nSPS) is 20.1. The predicted octanol–water partition coefficient (Wildman–Crippen LogP) is 6.56. The van der Waals surface area contributed by atoms with Crippen LogP contribution in [-0.4, -0.2) is 27.6 Å². The molecule has 0 aliphatic heterocycles. The summed E-state index contributed by atoms with van der Waals surface area (Å²) >= 11 is 0. The SMILES string of the molecule is CC(C)(C)[Si](C)(C)O/C=C(/CC(O)C1CCCCC1)C[Si](C)(C)C. The number of aliphatic hydroxyl groups is 1. The molecular weight excluding hydrogens is 328 g/mol. The number of hydrogen-bond donors (Lipinski definition) is 1. The lowest BCUT2D eigenvalue weighted by Gasteiger charge is -2.36. The van der Waals surface area contributed by atoms with Crippen LogP contribution in [0.2, 0.25) is 43.8 Å². The van der Waals surface area contributed by atoms with Crippen molar-refractivity contribution in [1.29, 1.82) is 0 Å². The lowest BCUT2D eigenvalue weighted by atomic mass is 9.83. The van der Waals surface area contributed by atoms with Crippen molar-refractivity contribution < 1.29 is 9.53 Å². The van der Waals surface area contributed by atoms with Crippen molar-refractivity contribution in [2.45, 2.75) is 109 Å². The zero-order valence-electron chi connectivity index (χ0n) is 17.5. The van der Waals surface area contributed by atoms with E-state index in [-0.39, 0.29) is 11.1 Å². The van der Waals surface area contributed by atoms with Crippen molar-refractivity contribution in [1.82, 2.24) is 0 Å². The van der Waals surface area contributed by atoms with Gasteiger partial charge in [-0.05, 0) is 54.9 Å². The van der Waals surface area contributed by atoms with Gasteiger partial charge in [-0.15, -0.1) is 0 Å². The van der Waals surface area contributed by atoms with Gasteiger partial charge in [-0.2, -0.15) is 0 Å². The molecule has 0 aromatic rings. The van der Waals surface area contributed by atoms with Crippen LogP contribution >= 0.6 is 0 Å². The fourth-order valence-corrected chi connectivity index (χ4v) is 5.61. The molecule has 0 bridgehead atoms. The first-order valence-corrected chi connectivity index (χ1v) is 16.5. The fourth-order valence-electron chi connectivity index (χ4n) is 3.20. The minimum atomic E-state index is -1.78. The molecule has 1 saturated carbocycles. The Morgan fingerprint density at radius 2 is 1.62 bits per heavy atom. The van der Waals surface area contributed by atoms with Gasteiger partial charge in [-0.25, -0.2) is 0 Å². The van der Waals surface area contributed by atoms with E-state index in [2.05, 4.69) is 59.8 Å². The topological polar surface area (TPSA) is 29.5 Å². The number of rotatable bonds is 7. The van der Waals surface area contributed by atoms with Crippen molar-refractivity contribution in [3.8, 4) is 0 Å². The summed E-state index contributed by atoms with van der Waals surface area (Å²) in [6.45, 7) is 18.6. The Hall–Kier alpha value is -0.0662. The summed E-state index contributed by atoms with van der Waals surface area (Å²) in [5.41, 5.74) is 1.34. The molecule has 4 heteroatoms. The fraction of sp³-hybridized carbons (Fsp3) is 0.900. The van der Waals surface area contributed by atoms with Gasteiger partial charge in [0.15, 0.2) is 0 Å². The zero-order chi connectivity index (χ0) is 18.6. The Morgan fingerprint density at radius 1 is 1.08 bits per heavy atom. The van der Waals surface area contributed by atoms with Gasteiger partial charge >= 0.3 is 0 Å². The molecule has 0 aromatic carbocycles. The first-order valence-electron chi connectivity index (χ1n) is 9.86. The largest absolute Gasteiger partial charge is 0.549 e. The van der Waals surface area contributed by atoms with Gasteiger partial charge in [0.2, 0.25) is 8.32 Å². The third-order valence-electron chi connectivity index (χ3n) is 5.75. The van der Waals surface area contributed by atoms with Crippen molar-refractivity contribution in [3.05, 3.63) is 11.8 Å². The Labute approximate surface area is 153 Å². The molecule has 0 saturated heterocycles. The van der Waals surface area contributed by atoms with E-state index in [9.17, 15) is 5.11 Å². The maximum Gasteiger partial charge on any atom is 0.249 e. The van der Waals surface area contributed by atoms with Crippen LogP contribution in [0.1, 0.15) is 59.3 Å². The van der Waals surface area contributed by atoms with Crippen LogP contribution in [0.4, 0.5) is 0 Å². The summed E-state index contributed by atoms with van der Waals surface area (Å²) in [7, 11) is -3.00. The van der Waals surface area contributed by atoms with Gasteiger partial charge in [-0.3, -0.25) is 0 Å². The summed E-state index contributed by atoms with van der Waals surface area (Å²) in [6, 6.07) is 1.13. The molecule has 1 aliphatic carbocycles. The molecular formula is C20H42O2Si2. The highest BCUT2D eigenvalue weighted by atomic mass is 28.4. The molecule has 0 heterocycles. The molecule has 1 N–H and O–H groups in total. The van der Waals surface area contributed by atoms with Gasteiger partial charge in [0, 0.05) is 8.07 Å². The predicted molar refractivity (Wildman–Crippen MR) is 112 cm³/mol. The van der Waals surface area contributed by atoms with Crippen LogP contribution in [0.25, 0.3) is 0 Å². The second kappa shape index (κ2) is 8.54. The molecule has 24 heavy (non-hydrogen) atoms. The zero-order valence-corrected chi connectivity index (χ0v) is 19.5. The Bertz CT molecular complexity index is 410. The van der Waals surface area contributed by atoms with Crippen LogP contribution < -0.4 is 0 Å².